The normalized spacial score (nSPS) is 12.5. The number of hydrogen-bond donors (Lipinski definition) is 1. The predicted molar refractivity (Wildman–Crippen MR) is 86.3 cm³/mol. The van der Waals surface area contributed by atoms with Crippen molar-refractivity contribution in [3.05, 3.63) is 64.5 Å². The Kier molecular flexibility index (Phi) is 3.94. The number of rotatable bonds is 4. The third-order valence-corrected chi connectivity index (χ3v) is 3.75. The van der Waals surface area contributed by atoms with E-state index in [4.69, 9.17) is 10.5 Å². The number of aromatic nitrogens is 2. The number of nitrogens with two attached hydrogens (primary N) is 1. The minimum absolute atomic E-state index is 0.0847. The van der Waals surface area contributed by atoms with E-state index in [1.165, 1.54) is 0 Å². The summed E-state index contributed by atoms with van der Waals surface area (Å²) in [6.07, 6.45) is 3.94. The Bertz CT molecular complexity index is 734. The molecule has 0 aliphatic heterocycles. The van der Waals surface area contributed by atoms with Crippen LogP contribution in [0.5, 0.6) is 5.75 Å². The van der Waals surface area contributed by atoms with Gasteiger partial charge in [-0.1, -0.05) is 22.0 Å². The molecule has 0 aliphatic carbocycles. The van der Waals surface area contributed by atoms with Crippen LogP contribution in [0.1, 0.15) is 24.2 Å². The molecule has 108 valence electrons. The van der Waals surface area contributed by atoms with Crippen LogP contribution in [0.3, 0.4) is 0 Å². The molecule has 0 aliphatic rings. The fourth-order valence-electron chi connectivity index (χ4n) is 2.22. The Hall–Kier alpha value is -1.85. The molecule has 2 aromatic heterocycles. The lowest BCUT2D eigenvalue weighted by Crippen LogP contribution is -2.08. The summed E-state index contributed by atoms with van der Waals surface area (Å²) in [5, 5.41) is 0. The molecule has 4 nitrogen and oxygen atoms in total. The van der Waals surface area contributed by atoms with Crippen LogP contribution >= 0.6 is 15.9 Å². The molecule has 2 N–H and O–H groups in total. The van der Waals surface area contributed by atoms with Gasteiger partial charge in [0.2, 0.25) is 0 Å². The topological polar surface area (TPSA) is 52.5 Å². The summed E-state index contributed by atoms with van der Waals surface area (Å²) in [6, 6.07) is 11.7. The average Bonchev–Trinajstić information content (AvgIpc) is 2.88. The highest BCUT2D eigenvalue weighted by molar-refractivity contribution is 9.10. The van der Waals surface area contributed by atoms with Gasteiger partial charge < -0.3 is 14.9 Å². The highest BCUT2D eigenvalue weighted by atomic mass is 79.9. The summed E-state index contributed by atoms with van der Waals surface area (Å²) in [7, 11) is 0. The van der Waals surface area contributed by atoms with Crippen LogP contribution in [0.4, 0.5) is 0 Å². The first-order chi connectivity index (χ1) is 10.1. The van der Waals surface area contributed by atoms with Gasteiger partial charge >= 0.3 is 0 Å². The van der Waals surface area contributed by atoms with Crippen LogP contribution in [-0.4, -0.2) is 9.38 Å². The van der Waals surface area contributed by atoms with Gasteiger partial charge in [0.1, 0.15) is 18.0 Å². The standard InChI is InChI=1S/C16H16BrN3O/c1-11(18)14-8-12(17)5-6-15(14)21-10-13-9-20-7-3-2-4-16(20)19-13/h2-9,11H,10,18H2,1H3. The first-order valence-electron chi connectivity index (χ1n) is 6.74. The monoisotopic (exact) mass is 345 g/mol. The molecule has 0 amide bonds. The van der Waals surface area contributed by atoms with E-state index in [9.17, 15) is 0 Å². The Labute approximate surface area is 131 Å². The summed E-state index contributed by atoms with van der Waals surface area (Å²) in [4.78, 5) is 4.52. The molecule has 0 fully saturated rings. The Morgan fingerprint density at radius 1 is 1.33 bits per heavy atom. The van der Waals surface area contributed by atoms with Crippen LogP contribution in [0.2, 0.25) is 0 Å². The minimum atomic E-state index is -0.0847. The van der Waals surface area contributed by atoms with Crippen LogP contribution in [0, 0.1) is 0 Å². The van der Waals surface area contributed by atoms with Crippen LogP contribution in [0.25, 0.3) is 5.65 Å². The maximum atomic E-state index is 5.99. The highest BCUT2D eigenvalue weighted by Crippen LogP contribution is 2.28. The molecule has 21 heavy (non-hydrogen) atoms. The maximum Gasteiger partial charge on any atom is 0.137 e. The lowest BCUT2D eigenvalue weighted by atomic mass is 10.1. The number of hydrogen-bond acceptors (Lipinski definition) is 3. The molecular weight excluding hydrogens is 330 g/mol. The highest BCUT2D eigenvalue weighted by Gasteiger charge is 2.10. The molecule has 1 atom stereocenters. The van der Waals surface area contributed by atoms with E-state index in [-0.39, 0.29) is 6.04 Å². The predicted octanol–water partition coefficient (Wildman–Crippen LogP) is 3.70. The summed E-state index contributed by atoms with van der Waals surface area (Å²) in [5.41, 5.74) is 8.78. The van der Waals surface area contributed by atoms with Crippen molar-refractivity contribution >= 4 is 21.6 Å². The van der Waals surface area contributed by atoms with Crippen molar-refractivity contribution in [2.24, 2.45) is 5.73 Å². The second-order valence-electron chi connectivity index (χ2n) is 4.96. The second kappa shape index (κ2) is 5.87. The summed E-state index contributed by atoms with van der Waals surface area (Å²) < 4.78 is 8.87. The van der Waals surface area contributed by atoms with Crippen LogP contribution in [-0.2, 0) is 6.61 Å². The number of imidazole rings is 1. The molecule has 0 radical (unpaired) electrons. The van der Waals surface area contributed by atoms with Gasteiger partial charge in [0.25, 0.3) is 0 Å². The second-order valence-corrected chi connectivity index (χ2v) is 5.87. The lowest BCUT2D eigenvalue weighted by molar-refractivity contribution is 0.297. The van der Waals surface area contributed by atoms with Crippen LogP contribution < -0.4 is 10.5 Å². The minimum Gasteiger partial charge on any atom is -0.487 e. The van der Waals surface area contributed by atoms with E-state index in [0.717, 1.165) is 27.1 Å². The molecule has 3 aromatic rings. The van der Waals surface area contributed by atoms with E-state index >= 15 is 0 Å². The Morgan fingerprint density at radius 2 is 2.19 bits per heavy atom. The molecule has 1 aromatic carbocycles. The van der Waals surface area contributed by atoms with Crippen molar-refractivity contribution in [1.82, 2.24) is 9.38 Å². The number of halogens is 1. The van der Waals surface area contributed by atoms with E-state index in [2.05, 4.69) is 20.9 Å². The average molecular weight is 346 g/mol. The Morgan fingerprint density at radius 3 is 2.95 bits per heavy atom. The van der Waals surface area contributed by atoms with Crippen molar-refractivity contribution in [1.29, 1.82) is 0 Å². The van der Waals surface area contributed by atoms with Crippen molar-refractivity contribution in [2.45, 2.75) is 19.6 Å². The third-order valence-electron chi connectivity index (χ3n) is 3.25. The van der Waals surface area contributed by atoms with Gasteiger partial charge in [-0.25, -0.2) is 4.98 Å². The van der Waals surface area contributed by atoms with Crippen LogP contribution in [0.15, 0.2) is 53.3 Å². The zero-order valence-corrected chi connectivity index (χ0v) is 13.2. The van der Waals surface area contributed by atoms with E-state index in [1.807, 2.05) is 60.1 Å². The van der Waals surface area contributed by atoms with Crippen molar-refractivity contribution in [2.75, 3.05) is 0 Å². The van der Waals surface area contributed by atoms with E-state index < -0.39 is 0 Å². The van der Waals surface area contributed by atoms with Gasteiger partial charge in [0, 0.05) is 28.5 Å². The van der Waals surface area contributed by atoms with Gasteiger partial charge in [-0.15, -0.1) is 0 Å². The molecular formula is C16H16BrN3O. The summed E-state index contributed by atoms with van der Waals surface area (Å²) in [5.74, 6) is 0.797. The first-order valence-corrected chi connectivity index (χ1v) is 7.53. The molecule has 0 saturated heterocycles. The largest absolute Gasteiger partial charge is 0.487 e. The van der Waals surface area contributed by atoms with E-state index in [1.54, 1.807) is 0 Å². The fraction of sp³-hybridized carbons (Fsp3) is 0.188. The van der Waals surface area contributed by atoms with Gasteiger partial charge in [-0.3, -0.25) is 0 Å². The molecule has 0 saturated carbocycles. The van der Waals surface area contributed by atoms with Crippen molar-refractivity contribution in [3.63, 3.8) is 0 Å². The van der Waals surface area contributed by atoms with Crippen molar-refractivity contribution in [3.8, 4) is 5.75 Å². The number of nitrogens with zero attached hydrogens (tertiary/aromatic N) is 2. The van der Waals surface area contributed by atoms with Gasteiger partial charge in [-0.2, -0.15) is 0 Å². The summed E-state index contributed by atoms with van der Waals surface area (Å²) in [6.45, 7) is 2.36. The van der Waals surface area contributed by atoms with E-state index in [0.29, 0.717) is 6.61 Å². The molecule has 1 unspecified atom stereocenters. The van der Waals surface area contributed by atoms with Gasteiger partial charge in [0.05, 0.1) is 5.69 Å². The smallest absolute Gasteiger partial charge is 0.137 e. The molecule has 5 heteroatoms. The number of fused-ring (bicyclic) bond motifs is 1. The van der Waals surface area contributed by atoms with Gasteiger partial charge in [0.15, 0.2) is 0 Å². The lowest BCUT2D eigenvalue weighted by Gasteiger charge is -2.13. The maximum absolute atomic E-state index is 5.99. The number of benzene rings is 1. The van der Waals surface area contributed by atoms with Gasteiger partial charge in [-0.05, 0) is 37.3 Å². The molecule has 3 rings (SSSR count). The first kappa shape index (κ1) is 14.1. The number of pyridine rings is 1. The fourth-order valence-corrected chi connectivity index (χ4v) is 2.59. The molecule has 0 bridgehead atoms. The zero-order valence-electron chi connectivity index (χ0n) is 11.7. The summed E-state index contributed by atoms with van der Waals surface area (Å²) >= 11 is 3.46. The SMILES string of the molecule is CC(N)c1cc(Br)ccc1OCc1cn2ccccc2n1. The zero-order chi connectivity index (χ0) is 14.8. The Balaban J connectivity index is 1.81. The molecule has 0 spiro atoms. The van der Waals surface area contributed by atoms with Crippen molar-refractivity contribution < 1.29 is 4.74 Å². The third kappa shape index (κ3) is 3.09. The quantitative estimate of drug-likeness (QED) is 0.784. The number of ether oxygens (including phenoxy) is 1. The molecule has 2 heterocycles.